The zero-order chi connectivity index (χ0) is 25.0. The Kier molecular flexibility index (Phi) is 5.32. The summed E-state index contributed by atoms with van der Waals surface area (Å²) < 4.78 is 20.5. The molecule has 0 spiro atoms. The van der Waals surface area contributed by atoms with Crippen LogP contribution in [0.4, 0.5) is 15.9 Å². The SMILES string of the molecule is CNc1cc(F)cc2c1[nH]c1nc(Oc3cnc(/C(C)=N/OC)nc3)nc(N3C[C@H]4C[C@@H]3C[C@H]4N)c12. The molecule has 1 aliphatic heterocycles. The van der Waals surface area contributed by atoms with Crippen LogP contribution in [0, 0.1) is 11.7 Å². The quantitative estimate of drug-likeness (QED) is 0.274. The van der Waals surface area contributed by atoms with E-state index in [0.29, 0.717) is 45.7 Å². The number of hydrogen-bond acceptors (Lipinski definition) is 10. The van der Waals surface area contributed by atoms with E-state index in [1.54, 1.807) is 14.0 Å². The summed E-state index contributed by atoms with van der Waals surface area (Å²) in [5, 5.41) is 8.36. The van der Waals surface area contributed by atoms with Gasteiger partial charge in [-0.2, -0.15) is 9.97 Å². The number of oxime groups is 1. The second-order valence-corrected chi connectivity index (χ2v) is 9.21. The molecule has 4 heterocycles. The summed E-state index contributed by atoms with van der Waals surface area (Å²) in [5.74, 6) is 1.56. The molecule has 4 N–H and O–H groups in total. The lowest BCUT2D eigenvalue weighted by atomic mass is 10.0. The standard InChI is InChI=1S/C24H26FN9O2/c1-11(33-35-3)21-28-8-15(9-29-21)36-24-31-22-19(16-5-13(25)6-18(27-2)20(16)30-22)23(32-24)34-10-12-4-14(34)7-17(12)26/h5-6,8-9,12,14,17,27H,4,7,10,26H2,1-3H3,(H,30,31,32)/b33-11+/t12-,14-,17-/m1/s1. The van der Waals surface area contributed by atoms with Gasteiger partial charge >= 0.3 is 6.01 Å². The Balaban J connectivity index is 1.46. The summed E-state index contributed by atoms with van der Waals surface area (Å²) in [6.07, 6.45) is 4.96. The van der Waals surface area contributed by atoms with Gasteiger partial charge in [0, 0.05) is 31.1 Å². The predicted octanol–water partition coefficient (Wildman–Crippen LogP) is 3.17. The maximum atomic E-state index is 14.5. The van der Waals surface area contributed by atoms with Crippen molar-refractivity contribution in [3.05, 3.63) is 36.2 Å². The van der Waals surface area contributed by atoms with E-state index in [9.17, 15) is 4.39 Å². The van der Waals surface area contributed by atoms with Gasteiger partial charge in [-0.1, -0.05) is 5.16 Å². The van der Waals surface area contributed by atoms with Gasteiger partial charge in [-0.15, -0.1) is 0 Å². The van der Waals surface area contributed by atoms with Crippen LogP contribution in [0.2, 0.25) is 0 Å². The number of fused-ring (bicyclic) bond motifs is 5. The lowest BCUT2D eigenvalue weighted by Crippen LogP contribution is -2.41. The molecule has 2 aliphatic rings. The Morgan fingerprint density at radius 2 is 2.06 bits per heavy atom. The van der Waals surface area contributed by atoms with E-state index in [0.717, 1.165) is 30.3 Å². The van der Waals surface area contributed by atoms with Gasteiger partial charge in [-0.25, -0.2) is 14.4 Å². The maximum absolute atomic E-state index is 14.5. The van der Waals surface area contributed by atoms with Crippen LogP contribution in [0.3, 0.4) is 0 Å². The summed E-state index contributed by atoms with van der Waals surface area (Å²) in [4.78, 5) is 28.3. The number of H-pyrrole nitrogens is 1. The topological polar surface area (TPSA) is 139 Å². The number of aromatic nitrogens is 5. The van der Waals surface area contributed by atoms with E-state index in [1.807, 2.05) is 0 Å². The fraction of sp³-hybridized carbons (Fsp3) is 0.375. The van der Waals surface area contributed by atoms with Crippen LogP contribution in [0.15, 0.2) is 29.7 Å². The van der Waals surface area contributed by atoms with E-state index in [-0.39, 0.29) is 23.9 Å². The number of ether oxygens (including phenoxy) is 1. The number of nitrogens with one attached hydrogen (secondary N) is 2. The van der Waals surface area contributed by atoms with Gasteiger partial charge in [-0.05, 0) is 37.8 Å². The largest absolute Gasteiger partial charge is 0.421 e. The van der Waals surface area contributed by atoms with Gasteiger partial charge in [0.2, 0.25) is 0 Å². The van der Waals surface area contributed by atoms with Crippen molar-refractivity contribution in [3.8, 4) is 11.8 Å². The van der Waals surface area contributed by atoms with Gasteiger partial charge in [0.25, 0.3) is 0 Å². The summed E-state index contributed by atoms with van der Waals surface area (Å²) in [7, 11) is 3.22. The molecule has 3 aromatic heterocycles. The average molecular weight is 492 g/mol. The van der Waals surface area contributed by atoms with Crippen LogP contribution in [-0.4, -0.2) is 63.4 Å². The normalized spacial score (nSPS) is 21.5. The number of aromatic amines is 1. The highest BCUT2D eigenvalue weighted by Gasteiger charge is 2.44. The van der Waals surface area contributed by atoms with Crippen LogP contribution in [0.1, 0.15) is 25.6 Å². The van der Waals surface area contributed by atoms with Gasteiger partial charge in [0.05, 0.1) is 29.0 Å². The van der Waals surface area contributed by atoms with Crippen LogP contribution < -0.4 is 20.7 Å². The van der Waals surface area contributed by atoms with E-state index in [4.69, 9.17) is 20.3 Å². The van der Waals surface area contributed by atoms with Crippen molar-refractivity contribution in [3.63, 3.8) is 0 Å². The molecule has 36 heavy (non-hydrogen) atoms. The summed E-state index contributed by atoms with van der Waals surface area (Å²) in [6, 6.07) is 3.56. The minimum absolute atomic E-state index is 0.140. The Morgan fingerprint density at radius 3 is 2.72 bits per heavy atom. The number of benzene rings is 1. The van der Waals surface area contributed by atoms with Crippen LogP contribution >= 0.6 is 0 Å². The Bertz CT molecular complexity index is 1490. The van der Waals surface area contributed by atoms with Gasteiger partial charge in [-0.3, -0.25) is 0 Å². The average Bonchev–Trinajstić information content (AvgIpc) is 3.55. The lowest BCUT2D eigenvalue weighted by Gasteiger charge is -2.31. The van der Waals surface area contributed by atoms with Gasteiger partial charge in [0.1, 0.15) is 30.1 Å². The van der Waals surface area contributed by atoms with Crippen LogP contribution in [0.5, 0.6) is 11.8 Å². The molecule has 1 aromatic carbocycles. The molecule has 4 aromatic rings. The zero-order valence-electron chi connectivity index (χ0n) is 20.1. The number of rotatable bonds is 6. The highest BCUT2D eigenvalue weighted by molar-refractivity contribution is 6.14. The zero-order valence-corrected chi connectivity index (χ0v) is 20.1. The molecule has 1 aliphatic carbocycles. The molecule has 12 heteroatoms. The van der Waals surface area contributed by atoms with Crippen molar-refractivity contribution in [2.24, 2.45) is 16.8 Å². The molecular formula is C24H26FN9O2. The first-order valence-electron chi connectivity index (χ1n) is 11.8. The highest BCUT2D eigenvalue weighted by atomic mass is 19.1. The number of nitrogens with two attached hydrogens (primary N) is 1. The van der Waals surface area contributed by atoms with E-state index in [1.165, 1.54) is 31.6 Å². The molecule has 11 nitrogen and oxygen atoms in total. The summed E-state index contributed by atoms with van der Waals surface area (Å²) >= 11 is 0. The monoisotopic (exact) mass is 491 g/mol. The lowest BCUT2D eigenvalue weighted by molar-refractivity contribution is 0.213. The Morgan fingerprint density at radius 1 is 1.25 bits per heavy atom. The third-order valence-electron chi connectivity index (χ3n) is 7.01. The summed E-state index contributed by atoms with van der Waals surface area (Å²) in [6.45, 7) is 2.53. The number of hydrogen-bond donors (Lipinski definition) is 3. The second-order valence-electron chi connectivity index (χ2n) is 9.21. The van der Waals surface area contributed by atoms with E-state index >= 15 is 0 Å². The van der Waals surface area contributed by atoms with Crippen molar-refractivity contribution in [1.82, 2.24) is 24.9 Å². The van der Waals surface area contributed by atoms with Crippen molar-refractivity contribution < 1.29 is 14.0 Å². The highest BCUT2D eigenvalue weighted by Crippen LogP contribution is 2.44. The molecule has 1 saturated carbocycles. The molecule has 0 radical (unpaired) electrons. The van der Waals surface area contributed by atoms with Crippen molar-refractivity contribution >= 4 is 39.2 Å². The fourth-order valence-electron chi connectivity index (χ4n) is 5.37. The number of piperidine rings is 1. The smallest absolute Gasteiger partial charge is 0.326 e. The molecule has 186 valence electrons. The first-order valence-corrected chi connectivity index (χ1v) is 11.8. The molecular weight excluding hydrogens is 465 g/mol. The number of anilines is 2. The molecule has 3 atom stereocenters. The van der Waals surface area contributed by atoms with Crippen molar-refractivity contribution in [2.75, 3.05) is 30.9 Å². The molecule has 0 unspecified atom stereocenters. The first-order chi connectivity index (χ1) is 17.4. The summed E-state index contributed by atoms with van der Waals surface area (Å²) in [5.41, 5.74) is 8.79. The minimum Gasteiger partial charge on any atom is -0.421 e. The molecule has 6 rings (SSSR count). The van der Waals surface area contributed by atoms with Gasteiger partial charge < -0.3 is 30.5 Å². The van der Waals surface area contributed by atoms with E-state index < -0.39 is 0 Å². The second kappa shape index (κ2) is 8.55. The van der Waals surface area contributed by atoms with Gasteiger partial charge in [0.15, 0.2) is 11.6 Å². The molecule has 2 bridgehead atoms. The Hall–Kier alpha value is -4.06. The van der Waals surface area contributed by atoms with Crippen molar-refractivity contribution in [1.29, 1.82) is 0 Å². The van der Waals surface area contributed by atoms with Crippen LogP contribution in [0.25, 0.3) is 21.9 Å². The molecule has 0 amide bonds. The first kappa shape index (κ1) is 22.4. The molecule has 2 fully saturated rings. The van der Waals surface area contributed by atoms with E-state index in [2.05, 4.69) is 35.3 Å². The van der Waals surface area contributed by atoms with Crippen molar-refractivity contribution in [2.45, 2.75) is 31.8 Å². The fourth-order valence-corrected chi connectivity index (χ4v) is 5.37. The molecule has 1 saturated heterocycles. The third-order valence-corrected chi connectivity index (χ3v) is 7.01. The number of halogens is 1. The third kappa shape index (κ3) is 3.65. The number of nitrogens with zero attached hydrogens (tertiary/aromatic N) is 6. The van der Waals surface area contributed by atoms with Crippen LogP contribution in [-0.2, 0) is 4.84 Å². The predicted molar refractivity (Wildman–Crippen MR) is 134 cm³/mol. The maximum Gasteiger partial charge on any atom is 0.326 e. The Labute approximate surface area is 205 Å². The minimum atomic E-state index is -0.339.